The molecule has 4 nitrogen and oxygen atoms in total. The normalized spacial score (nSPS) is 11.0. The molecular formula is C13H10ClN3O. The third-order valence-electron chi connectivity index (χ3n) is 2.86. The van der Waals surface area contributed by atoms with Gasteiger partial charge in [0.25, 0.3) is 0 Å². The number of fused-ring (bicyclic) bond motifs is 1. The van der Waals surface area contributed by atoms with Crippen LogP contribution in [-0.4, -0.2) is 14.5 Å². The molecule has 2 heterocycles. The number of aryl methyl sites for hydroxylation is 1. The maximum atomic E-state index is 12.0. The van der Waals surface area contributed by atoms with Crippen molar-refractivity contribution in [2.75, 3.05) is 0 Å². The van der Waals surface area contributed by atoms with Gasteiger partial charge in [0.15, 0.2) is 5.65 Å². The van der Waals surface area contributed by atoms with Crippen LogP contribution in [0.1, 0.15) is 5.56 Å². The summed E-state index contributed by atoms with van der Waals surface area (Å²) in [6, 6.07) is 9.09. The van der Waals surface area contributed by atoms with Gasteiger partial charge in [0, 0.05) is 11.2 Å². The number of nitrogens with one attached hydrogen (secondary N) is 1. The molecule has 1 N–H and O–H groups in total. The molecule has 3 aromatic rings. The molecule has 2 aromatic heterocycles. The number of rotatable bonds is 1. The maximum absolute atomic E-state index is 12.0. The van der Waals surface area contributed by atoms with Crippen LogP contribution in [0.4, 0.5) is 0 Å². The van der Waals surface area contributed by atoms with Crippen molar-refractivity contribution in [1.29, 1.82) is 0 Å². The van der Waals surface area contributed by atoms with Crippen LogP contribution >= 0.6 is 11.6 Å². The molecule has 0 unspecified atom stereocenters. The van der Waals surface area contributed by atoms with Crippen LogP contribution in [0.5, 0.6) is 0 Å². The summed E-state index contributed by atoms with van der Waals surface area (Å²) in [4.78, 5) is 18.9. The highest BCUT2D eigenvalue weighted by molar-refractivity contribution is 6.31. The summed E-state index contributed by atoms with van der Waals surface area (Å²) in [7, 11) is 0. The lowest BCUT2D eigenvalue weighted by Gasteiger charge is -2.04. The number of aromatic nitrogens is 3. The van der Waals surface area contributed by atoms with Gasteiger partial charge >= 0.3 is 5.69 Å². The number of nitrogens with zero attached hydrogens (tertiary/aromatic N) is 2. The smallest absolute Gasteiger partial charge is 0.304 e. The molecule has 18 heavy (non-hydrogen) atoms. The fourth-order valence-electron chi connectivity index (χ4n) is 1.90. The van der Waals surface area contributed by atoms with Gasteiger partial charge in [-0.15, -0.1) is 0 Å². The minimum absolute atomic E-state index is 0.219. The van der Waals surface area contributed by atoms with E-state index in [9.17, 15) is 4.79 Å². The molecule has 0 spiro atoms. The van der Waals surface area contributed by atoms with E-state index in [1.54, 1.807) is 18.3 Å². The monoisotopic (exact) mass is 259 g/mol. The Kier molecular flexibility index (Phi) is 2.45. The predicted molar refractivity (Wildman–Crippen MR) is 71.4 cm³/mol. The van der Waals surface area contributed by atoms with Gasteiger partial charge in [-0.3, -0.25) is 0 Å². The van der Waals surface area contributed by atoms with E-state index in [-0.39, 0.29) is 5.69 Å². The Morgan fingerprint density at radius 2 is 2.17 bits per heavy atom. The number of aromatic amines is 1. The Bertz CT molecular complexity index is 788. The third-order valence-corrected chi connectivity index (χ3v) is 3.26. The van der Waals surface area contributed by atoms with Gasteiger partial charge < -0.3 is 4.98 Å². The van der Waals surface area contributed by atoms with Gasteiger partial charge in [-0.2, -0.15) is 0 Å². The third kappa shape index (κ3) is 1.62. The maximum Gasteiger partial charge on any atom is 0.332 e. The second-order valence-corrected chi connectivity index (χ2v) is 4.48. The first-order valence-corrected chi connectivity index (χ1v) is 5.87. The first kappa shape index (κ1) is 11.0. The molecule has 3 rings (SSSR count). The van der Waals surface area contributed by atoms with E-state index in [0.29, 0.717) is 21.9 Å². The minimum atomic E-state index is -0.219. The van der Waals surface area contributed by atoms with E-state index in [1.807, 2.05) is 25.1 Å². The van der Waals surface area contributed by atoms with Crippen molar-refractivity contribution in [3.05, 3.63) is 57.6 Å². The number of H-pyrrole nitrogens is 1. The average Bonchev–Trinajstić information content (AvgIpc) is 2.69. The second kappa shape index (κ2) is 3.99. The molecule has 0 saturated heterocycles. The molecular weight excluding hydrogens is 250 g/mol. The first-order chi connectivity index (χ1) is 8.66. The summed E-state index contributed by atoms with van der Waals surface area (Å²) < 4.78 is 1.51. The second-order valence-electron chi connectivity index (χ2n) is 4.07. The Morgan fingerprint density at radius 3 is 2.94 bits per heavy atom. The Labute approximate surface area is 108 Å². The zero-order valence-electron chi connectivity index (χ0n) is 9.64. The molecule has 0 aliphatic heterocycles. The summed E-state index contributed by atoms with van der Waals surface area (Å²) in [6.45, 7) is 1.92. The lowest BCUT2D eigenvalue weighted by atomic mass is 10.2. The van der Waals surface area contributed by atoms with Crippen LogP contribution < -0.4 is 5.69 Å². The van der Waals surface area contributed by atoms with Crippen LogP contribution in [-0.2, 0) is 0 Å². The number of imidazole rings is 1. The van der Waals surface area contributed by atoms with E-state index < -0.39 is 0 Å². The van der Waals surface area contributed by atoms with Crippen molar-refractivity contribution in [2.24, 2.45) is 0 Å². The van der Waals surface area contributed by atoms with Crippen molar-refractivity contribution >= 4 is 22.8 Å². The van der Waals surface area contributed by atoms with Crippen LogP contribution in [0, 0.1) is 6.92 Å². The molecule has 0 saturated carbocycles. The number of hydrogen-bond donors (Lipinski definition) is 1. The van der Waals surface area contributed by atoms with Crippen LogP contribution in [0.3, 0.4) is 0 Å². The summed E-state index contributed by atoms with van der Waals surface area (Å²) in [5.41, 5.74) is 2.77. The SMILES string of the molecule is Cc1ccc(-n2c(=O)[nH]c3cccnc32)cc1Cl. The fourth-order valence-corrected chi connectivity index (χ4v) is 2.08. The van der Waals surface area contributed by atoms with Crippen LogP contribution in [0.25, 0.3) is 16.9 Å². The molecule has 0 atom stereocenters. The molecule has 0 fully saturated rings. The summed E-state index contributed by atoms with van der Waals surface area (Å²) in [5, 5.41) is 0.629. The number of hydrogen-bond acceptors (Lipinski definition) is 2. The Morgan fingerprint density at radius 1 is 1.33 bits per heavy atom. The topological polar surface area (TPSA) is 50.7 Å². The lowest BCUT2D eigenvalue weighted by molar-refractivity contribution is 0.999. The molecule has 0 amide bonds. The highest BCUT2D eigenvalue weighted by Gasteiger charge is 2.10. The number of halogens is 1. The minimum Gasteiger partial charge on any atom is -0.304 e. The molecule has 5 heteroatoms. The molecule has 0 aliphatic carbocycles. The zero-order chi connectivity index (χ0) is 12.7. The predicted octanol–water partition coefficient (Wildman–Crippen LogP) is 2.68. The van der Waals surface area contributed by atoms with E-state index in [0.717, 1.165) is 5.56 Å². The summed E-state index contributed by atoms with van der Waals surface area (Å²) in [5.74, 6) is 0. The van der Waals surface area contributed by atoms with Crippen molar-refractivity contribution in [3.63, 3.8) is 0 Å². The van der Waals surface area contributed by atoms with Crippen molar-refractivity contribution < 1.29 is 0 Å². The highest BCUT2D eigenvalue weighted by atomic mass is 35.5. The van der Waals surface area contributed by atoms with E-state index in [1.165, 1.54) is 4.57 Å². The van der Waals surface area contributed by atoms with Gasteiger partial charge in [-0.05, 0) is 36.8 Å². The molecule has 90 valence electrons. The Balaban J connectivity index is 2.34. The van der Waals surface area contributed by atoms with E-state index >= 15 is 0 Å². The van der Waals surface area contributed by atoms with Crippen molar-refractivity contribution in [3.8, 4) is 5.69 Å². The van der Waals surface area contributed by atoms with Gasteiger partial charge in [0.2, 0.25) is 0 Å². The largest absolute Gasteiger partial charge is 0.332 e. The zero-order valence-corrected chi connectivity index (χ0v) is 10.4. The van der Waals surface area contributed by atoms with E-state index in [4.69, 9.17) is 11.6 Å². The van der Waals surface area contributed by atoms with Crippen LogP contribution in [0.15, 0.2) is 41.3 Å². The lowest BCUT2D eigenvalue weighted by Crippen LogP contribution is -2.14. The number of benzene rings is 1. The average molecular weight is 260 g/mol. The van der Waals surface area contributed by atoms with Crippen molar-refractivity contribution in [1.82, 2.24) is 14.5 Å². The summed E-state index contributed by atoms with van der Waals surface area (Å²) >= 11 is 6.09. The molecule has 1 aromatic carbocycles. The summed E-state index contributed by atoms with van der Waals surface area (Å²) in [6.07, 6.45) is 1.65. The standard InChI is InChI=1S/C13H10ClN3O/c1-8-4-5-9(7-10(8)14)17-12-11(16-13(17)18)3-2-6-15-12/h2-7H,1H3,(H,16,18). The molecule has 0 aliphatic rings. The van der Waals surface area contributed by atoms with Gasteiger partial charge in [-0.1, -0.05) is 17.7 Å². The highest BCUT2D eigenvalue weighted by Crippen LogP contribution is 2.20. The van der Waals surface area contributed by atoms with E-state index in [2.05, 4.69) is 9.97 Å². The van der Waals surface area contributed by atoms with Crippen molar-refractivity contribution in [2.45, 2.75) is 6.92 Å². The van der Waals surface area contributed by atoms with Gasteiger partial charge in [0.1, 0.15) is 0 Å². The molecule has 0 bridgehead atoms. The molecule has 0 radical (unpaired) electrons. The number of pyridine rings is 1. The quantitative estimate of drug-likeness (QED) is 0.730. The van der Waals surface area contributed by atoms with Crippen LogP contribution in [0.2, 0.25) is 5.02 Å². The first-order valence-electron chi connectivity index (χ1n) is 5.49. The van der Waals surface area contributed by atoms with Gasteiger partial charge in [0.05, 0.1) is 11.2 Å². The fraction of sp³-hybridized carbons (Fsp3) is 0.0769. The Hall–Kier alpha value is -2.07. The van der Waals surface area contributed by atoms with Gasteiger partial charge in [-0.25, -0.2) is 14.3 Å².